The zero-order chi connectivity index (χ0) is 14.8. The fourth-order valence-corrected chi connectivity index (χ4v) is 2.76. The van der Waals surface area contributed by atoms with Crippen molar-refractivity contribution in [2.45, 2.75) is 25.0 Å². The molecule has 0 amide bonds. The number of hydrogen-bond donors (Lipinski definition) is 2. The van der Waals surface area contributed by atoms with E-state index in [1.165, 1.54) is 0 Å². The Morgan fingerprint density at radius 1 is 1.43 bits per heavy atom. The molecule has 2 heterocycles. The van der Waals surface area contributed by atoms with Gasteiger partial charge in [-0.05, 0) is 37.1 Å². The standard InChI is InChI=1S/C15H15ClN2O3/c16-11-4-5-12(14-10(11)2-1-7-17-14)18-8-9-3-6-13(21-9)15(19)20/h1-2,4-5,7,9,13,18H,3,6,8H2,(H,19,20). The molecule has 1 aromatic carbocycles. The van der Waals surface area contributed by atoms with Crippen molar-refractivity contribution in [1.82, 2.24) is 4.98 Å². The van der Waals surface area contributed by atoms with Crippen LogP contribution in [0.5, 0.6) is 0 Å². The largest absolute Gasteiger partial charge is 0.479 e. The smallest absolute Gasteiger partial charge is 0.332 e. The first-order valence-corrected chi connectivity index (χ1v) is 7.18. The fraction of sp³-hybridized carbons (Fsp3) is 0.333. The van der Waals surface area contributed by atoms with E-state index >= 15 is 0 Å². The lowest BCUT2D eigenvalue weighted by Gasteiger charge is -2.14. The van der Waals surface area contributed by atoms with Crippen molar-refractivity contribution >= 4 is 34.2 Å². The van der Waals surface area contributed by atoms with Gasteiger partial charge in [-0.1, -0.05) is 11.6 Å². The van der Waals surface area contributed by atoms with Gasteiger partial charge in [-0.2, -0.15) is 0 Å². The molecule has 2 unspecified atom stereocenters. The second-order valence-electron chi connectivity index (χ2n) is 5.04. The molecular weight excluding hydrogens is 292 g/mol. The van der Waals surface area contributed by atoms with Crippen molar-refractivity contribution in [3.63, 3.8) is 0 Å². The molecule has 110 valence electrons. The van der Waals surface area contributed by atoms with Gasteiger partial charge in [0.15, 0.2) is 6.10 Å². The Bertz CT molecular complexity index is 677. The Morgan fingerprint density at radius 3 is 3.05 bits per heavy atom. The lowest BCUT2D eigenvalue weighted by molar-refractivity contribution is -0.149. The quantitative estimate of drug-likeness (QED) is 0.908. The van der Waals surface area contributed by atoms with Crippen LogP contribution in [0.4, 0.5) is 5.69 Å². The first-order chi connectivity index (χ1) is 10.1. The second kappa shape index (κ2) is 5.87. The van der Waals surface area contributed by atoms with E-state index in [1.807, 2.05) is 24.3 Å². The molecule has 0 saturated carbocycles. The molecule has 2 aromatic rings. The minimum atomic E-state index is -0.892. The van der Waals surface area contributed by atoms with Gasteiger partial charge in [-0.3, -0.25) is 4.98 Å². The Labute approximate surface area is 126 Å². The maximum absolute atomic E-state index is 10.9. The first-order valence-electron chi connectivity index (χ1n) is 6.80. The number of ether oxygens (including phenoxy) is 1. The van der Waals surface area contributed by atoms with E-state index in [9.17, 15) is 4.79 Å². The number of carbonyl (C=O) groups is 1. The lowest BCUT2D eigenvalue weighted by atomic mass is 10.1. The molecule has 5 nitrogen and oxygen atoms in total. The van der Waals surface area contributed by atoms with Gasteiger partial charge >= 0.3 is 5.97 Å². The Balaban J connectivity index is 1.72. The molecule has 21 heavy (non-hydrogen) atoms. The van der Waals surface area contributed by atoms with Crippen LogP contribution in [0.25, 0.3) is 10.9 Å². The van der Waals surface area contributed by atoms with Crippen molar-refractivity contribution in [2.24, 2.45) is 0 Å². The molecule has 1 fully saturated rings. The van der Waals surface area contributed by atoms with Gasteiger partial charge in [-0.15, -0.1) is 0 Å². The number of carboxylic acid groups (broad SMARTS) is 1. The monoisotopic (exact) mass is 306 g/mol. The van der Waals surface area contributed by atoms with Crippen LogP contribution in [-0.2, 0) is 9.53 Å². The van der Waals surface area contributed by atoms with Crippen LogP contribution in [0.15, 0.2) is 30.5 Å². The van der Waals surface area contributed by atoms with Gasteiger partial charge in [0.05, 0.1) is 22.3 Å². The molecule has 2 atom stereocenters. The van der Waals surface area contributed by atoms with Gasteiger partial charge < -0.3 is 15.2 Å². The number of halogens is 1. The second-order valence-corrected chi connectivity index (χ2v) is 5.44. The number of pyridine rings is 1. The van der Waals surface area contributed by atoms with Crippen LogP contribution >= 0.6 is 11.6 Å². The number of nitrogens with one attached hydrogen (secondary N) is 1. The van der Waals surface area contributed by atoms with Gasteiger partial charge in [0.1, 0.15) is 0 Å². The van der Waals surface area contributed by atoms with E-state index in [4.69, 9.17) is 21.4 Å². The van der Waals surface area contributed by atoms with Gasteiger partial charge in [0.25, 0.3) is 0 Å². The lowest BCUT2D eigenvalue weighted by Crippen LogP contribution is -2.24. The first kappa shape index (κ1) is 14.1. The molecule has 2 N–H and O–H groups in total. The van der Waals surface area contributed by atoms with Gasteiger partial charge in [0, 0.05) is 18.1 Å². The Kier molecular flexibility index (Phi) is 3.94. The number of nitrogens with zero attached hydrogens (tertiary/aromatic N) is 1. The fourth-order valence-electron chi connectivity index (χ4n) is 2.54. The average Bonchev–Trinajstić information content (AvgIpc) is 2.96. The van der Waals surface area contributed by atoms with Gasteiger partial charge in [0.2, 0.25) is 0 Å². The molecule has 0 spiro atoms. The summed E-state index contributed by atoms with van der Waals surface area (Å²) in [6, 6.07) is 7.46. The summed E-state index contributed by atoms with van der Waals surface area (Å²) in [5, 5.41) is 13.7. The number of carboxylic acids is 1. The van der Waals surface area contributed by atoms with E-state index < -0.39 is 12.1 Å². The summed E-state index contributed by atoms with van der Waals surface area (Å²) in [5.41, 5.74) is 1.68. The third-order valence-electron chi connectivity index (χ3n) is 3.62. The number of hydrogen-bond acceptors (Lipinski definition) is 4. The normalized spacial score (nSPS) is 21.6. The van der Waals surface area contributed by atoms with E-state index in [2.05, 4.69) is 10.3 Å². The minimum Gasteiger partial charge on any atom is -0.479 e. The summed E-state index contributed by atoms with van der Waals surface area (Å²) in [5.74, 6) is -0.892. The molecule has 0 radical (unpaired) electrons. The van der Waals surface area contributed by atoms with Gasteiger partial charge in [-0.25, -0.2) is 4.79 Å². The number of benzene rings is 1. The molecule has 1 aliphatic heterocycles. The molecule has 1 saturated heterocycles. The van der Waals surface area contributed by atoms with Crippen LogP contribution < -0.4 is 5.32 Å². The number of aliphatic carboxylic acids is 1. The SMILES string of the molecule is O=C(O)C1CCC(CNc2ccc(Cl)c3cccnc23)O1. The predicted molar refractivity (Wildman–Crippen MR) is 80.8 cm³/mol. The molecule has 1 aliphatic rings. The van der Waals surface area contributed by atoms with Crippen LogP contribution in [0.1, 0.15) is 12.8 Å². The number of rotatable bonds is 4. The highest BCUT2D eigenvalue weighted by Gasteiger charge is 2.30. The number of anilines is 1. The highest BCUT2D eigenvalue weighted by molar-refractivity contribution is 6.35. The van der Waals surface area contributed by atoms with Crippen molar-refractivity contribution in [2.75, 3.05) is 11.9 Å². The maximum Gasteiger partial charge on any atom is 0.332 e. The van der Waals surface area contributed by atoms with E-state index in [0.29, 0.717) is 18.0 Å². The van der Waals surface area contributed by atoms with Crippen molar-refractivity contribution in [3.8, 4) is 0 Å². The third-order valence-corrected chi connectivity index (χ3v) is 3.95. The summed E-state index contributed by atoms with van der Waals surface area (Å²) in [6.45, 7) is 0.553. The van der Waals surface area contributed by atoms with Crippen LogP contribution in [-0.4, -0.2) is 34.8 Å². The van der Waals surface area contributed by atoms with Crippen LogP contribution in [0.2, 0.25) is 5.02 Å². The minimum absolute atomic E-state index is 0.0967. The summed E-state index contributed by atoms with van der Waals surface area (Å²) in [4.78, 5) is 15.2. The topological polar surface area (TPSA) is 71.5 Å². The summed E-state index contributed by atoms with van der Waals surface area (Å²) in [6.07, 6.45) is 2.23. The van der Waals surface area contributed by atoms with Crippen molar-refractivity contribution < 1.29 is 14.6 Å². The van der Waals surface area contributed by atoms with E-state index in [0.717, 1.165) is 23.0 Å². The molecule has 0 aliphatic carbocycles. The van der Waals surface area contributed by atoms with Crippen LogP contribution in [0, 0.1) is 0 Å². The van der Waals surface area contributed by atoms with Crippen molar-refractivity contribution in [1.29, 1.82) is 0 Å². The van der Waals surface area contributed by atoms with E-state index in [1.54, 1.807) is 6.20 Å². The highest BCUT2D eigenvalue weighted by Crippen LogP contribution is 2.28. The molecule has 1 aromatic heterocycles. The number of fused-ring (bicyclic) bond motifs is 1. The van der Waals surface area contributed by atoms with Crippen LogP contribution in [0.3, 0.4) is 0 Å². The summed E-state index contributed by atoms with van der Waals surface area (Å²) in [7, 11) is 0. The third kappa shape index (κ3) is 2.94. The zero-order valence-corrected chi connectivity index (χ0v) is 12.0. The van der Waals surface area contributed by atoms with E-state index in [-0.39, 0.29) is 6.10 Å². The molecule has 0 bridgehead atoms. The molecule has 6 heteroatoms. The summed E-state index contributed by atoms with van der Waals surface area (Å²) >= 11 is 6.15. The maximum atomic E-state index is 10.9. The zero-order valence-electron chi connectivity index (χ0n) is 11.3. The molecular formula is C15H15ClN2O3. The molecule has 3 rings (SSSR count). The predicted octanol–water partition coefficient (Wildman–Crippen LogP) is 2.93. The number of aromatic nitrogens is 1. The average molecular weight is 307 g/mol. The highest BCUT2D eigenvalue weighted by atomic mass is 35.5. The Morgan fingerprint density at radius 2 is 2.29 bits per heavy atom. The summed E-state index contributed by atoms with van der Waals surface area (Å²) < 4.78 is 5.47. The van der Waals surface area contributed by atoms with Crippen molar-refractivity contribution in [3.05, 3.63) is 35.5 Å². The Hall–Kier alpha value is -1.85.